The van der Waals surface area contributed by atoms with E-state index in [1.807, 2.05) is 0 Å². The molecule has 30 heavy (non-hydrogen) atoms. The van der Waals surface area contributed by atoms with E-state index in [0.717, 1.165) is 0 Å². The average Bonchev–Trinajstić information content (AvgIpc) is 2.71. The Labute approximate surface area is 172 Å². The van der Waals surface area contributed by atoms with Crippen LogP contribution in [0.5, 0.6) is 23.0 Å². The van der Waals surface area contributed by atoms with E-state index in [9.17, 15) is 24.6 Å². The number of methoxy groups -OCH3 is 1. The lowest BCUT2D eigenvalue weighted by Gasteiger charge is -2.06. The molecule has 0 radical (unpaired) electrons. The fourth-order valence-electron chi connectivity index (χ4n) is 2.36. The Hall–Kier alpha value is -4.07. The number of rotatable bonds is 10. The molecule has 0 saturated carbocycles. The molecule has 8 nitrogen and oxygen atoms in total. The second-order valence-electron chi connectivity index (χ2n) is 6.12. The van der Waals surface area contributed by atoms with Gasteiger partial charge >= 0.3 is 5.97 Å². The molecule has 0 bridgehead atoms. The Morgan fingerprint density at radius 2 is 1.37 bits per heavy atom. The van der Waals surface area contributed by atoms with Crippen LogP contribution in [0.3, 0.4) is 0 Å². The highest BCUT2D eigenvalue weighted by Crippen LogP contribution is 2.28. The fraction of sp³-hybridized carbons (Fsp3) is 0.136. The quantitative estimate of drug-likeness (QED) is 0.401. The van der Waals surface area contributed by atoms with Crippen LogP contribution < -0.4 is 9.47 Å². The number of aromatic hydroxyl groups is 2. The second kappa shape index (κ2) is 10.5. The number of allylic oxidation sites excluding steroid dienone is 2. The maximum atomic E-state index is 12.0. The normalized spacial score (nSPS) is 11.0. The SMILES string of the molecule is COc1cc(/C=C/C(=O)CC(=O)/C=C/c2ccc(O)c(OCC(=O)O)c2)ccc1O. The van der Waals surface area contributed by atoms with E-state index in [4.69, 9.17) is 14.6 Å². The van der Waals surface area contributed by atoms with Crippen LogP contribution in [-0.4, -0.2) is 46.6 Å². The maximum absolute atomic E-state index is 12.0. The summed E-state index contributed by atoms with van der Waals surface area (Å²) in [6.07, 6.45) is 5.06. The molecule has 2 rings (SSSR count). The van der Waals surface area contributed by atoms with Crippen LogP contribution in [0, 0.1) is 0 Å². The molecule has 156 valence electrons. The van der Waals surface area contributed by atoms with E-state index < -0.39 is 24.1 Å². The Balaban J connectivity index is 1.96. The molecule has 2 aromatic rings. The third kappa shape index (κ3) is 6.83. The van der Waals surface area contributed by atoms with Gasteiger partial charge in [0, 0.05) is 0 Å². The van der Waals surface area contributed by atoms with E-state index in [-0.39, 0.29) is 29.4 Å². The summed E-state index contributed by atoms with van der Waals surface area (Å²) in [4.78, 5) is 34.5. The van der Waals surface area contributed by atoms with Crippen LogP contribution in [0.2, 0.25) is 0 Å². The van der Waals surface area contributed by atoms with Gasteiger partial charge < -0.3 is 24.8 Å². The van der Waals surface area contributed by atoms with Gasteiger partial charge in [-0.15, -0.1) is 0 Å². The molecule has 0 heterocycles. The number of hydrogen-bond donors (Lipinski definition) is 3. The zero-order valence-corrected chi connectivity index (χ0v) is 16.1. The molecular formula is C22H20O8. The lowest BCUT2D eigenvalue weighted by molar-refractivity contribution is -0.139. The number of carboxylic acids is 1. The van der Waals surface area contributed by atoms with Gasteiger partial charge in [-0.1, -0.05) is 24.3 Å². The van der Waals surface area contributed by atoms with Gasteiger partial charge in [-0.2, -0.15) is 0 Å². The van der Waals surface area contributed by atoms with Crippen LogP contribution in [0.4, 0.5) is 0 Å². The summed E-state index contributed by atoms with van der Waals surface area (Å²) >= 11 is 0. The minimum atomic E-state index is -1.19. The summed E-state index contributed by atoms with van der Waals surface area (Å²) in [7, 11) is 1.41. The van der Waals surface area contributed by atoms with Gasteiger partial charge in [0.2, 0.25) is 0 Å². The minimum absolute atomic E-state index is 0.0213. The van der Waals surface area contributed by atoms with Gasteiger partial charge in [-0.05, 0) is 47.5 Å². The predicted octanol–water partition coefficient (Wildman–Crippen LogP) is 2.82. The molecule has 8 heteroatoms. The Bertz CT molecular complexity index is 1000. The average molecular weight is 412 g/mol. The first kappa shape index (κ1) is 22.2. The Kier molecular flexibility index (Phi) is 7.75. The number of ether oxygens (including phenoxy) is 2. The fourth-order valence-corrected chi connectivity index (χ4v) is 2.36. The third-order valence-electron chi connectivity index (χ3n) is 3.81. The number of phenols is 2. The van der Waals surface area contributed by atoms with Crippen molar-refractivity contribution in [2.24, 2.45) is 0 Å². The molecule has 3 N–H and O–H groups in total. The van der Waals surface area contributed by atoms with Crippen molar-refractivity contribution in [2.45, 2.75) is 6.42 Å². The van der Waals surface area contributed by atoms with Crippen LogP contribution >= 0.6 is 0 Å². The molecule has 0 aromatic heterocycles. The highest BCUT2D eigenvalue weighted by Gasteiger charge is 2.07. The first-order valence-electron chi connectivity index (χ1n) is 8.75. The number of carbonyl (C=O) groups is 3. The summed E-state index contributed by atoms with van der Waals surface area (Å²) in [5.74, 6) is -2.05. The van der Waals surface area contributed by atoms with Gasteiger partial charge in [-0.25, -0.2) is 4.79 Å². The van der Waals surface area contributed by atoms with Crippen LogP contribution in [0.15, 0.2) is 48.6 Å². The molecule has 0 spiro atoms. The number of phenolic OH excluding ortho intramolecular Hbond substituents is 2. The van der Waals surface area contributed by atoms with Gasteiger partial charge in [0.05, 0.1) is 13.5 Å². The van der Waals surface area contributed by atoms with Crippen LogP contribution in [0.25, 0.3) is 12.2 Å². The van der Waals surface area contributed by atoms with Crippen molar-refractivity contribution in [1.82, 2.24) is 0 Å². The first-order valence-corrected chi connectivity index (χ1v) is 8.75. The molecule has 0 saturated heterocycles. The number of ketones is 2. The summed E-state index contributed by atoms with van der Waals surface area (Å²) in [5.41, 5.74) is 1.11. The Morgan fingerprint density at radius 3 is 1.87 bits per heavy atom. The third-order valence-corrected chi connectivity index (χ3v) is 3.81. The van der Waals surface area contributed by atoms with Crippen molar-refractivity contribution >= 4 is 29.7 Å². The molecule has 0 fully saturated rings. The summed E-state index contributed by atoms with van der Waals surface area (Å²) in [6.45, 7) is -0.618. The van der Waals surface area contributed by atoms with Crippen LogP contribution in [-0.2, 0) is 14.4 Å². The summed E-state index contributed by atoms with van der Waals surface area (Å²) in [6, 6.07) is 8.77. The molecular weight excluding hydrogens is 392 g/mol. The number of carbonyl (C=O) groups excluding carboxylic acids is 2. The van der Waals surface area contributed by atoms with Gasteiger partial charge in [0.15, 0.2) is 41.2 Å². The molecule has 2 aromatic carbocycles. The largest absolute Gasteiger partial charge is 0.504 e. The smallest absolute Gasteiger partial charge is 0.341 e. The van der Waals surface area contributed by atoms with Crippen molar-refractivity contribution in [3.05, 3.63) is 59.7 Å². The van der Waals surface area contributed by atoms with Crippen molar-refractivity contribution in [2.75, 3.05) is 13.7 Å². The zero-order valence-electron chi connectivity index (χ0n) is 16.1. The number of aliphatic carboxylic acids is 1. The van der Waals surface area contributed by atoms with Gasteiger partial charge in [-0.3, -0.25) is 9.59 Å². The van der Waals surface area contributed by atoms with Crippen molar-refractivity contribution in [1.29, 1.82) is 0 Å². The lowest BCUT2D eigenvalue weighted by Crippen LogP contribution is -2.09. The highest BCUT2D eigenvalue weighted by molar-refractivity contribution is 6.10. The second-order valence-corrected chi connectivity index (χ2v) is 6.12. The van der Waals surface area contributed by atoms with Gasteiger partial charge in [0.25, 0.3) is 0 Å². The molecule has 0 amide bonds. The molecule has 0 aliphatic heterocycles. The van der Waals surface area contributed by atoms with E-state index in [0.29, 0.717) is 11.1 Å². The van der Waals surface area contributed by atoms with Crippen LogP contribution in [0.1, 0.15) is 17.5 Å². The van der Waals surface area contributed by atoms with E-state index in [2.05, 4.69) is 0 Å². The summed E-state index contributed by atoms with van der Waals surface area (Å²) in [5, 5.41) is 27.8. The maximum Gasteiger partial charge on any atom is 0.341 e. The monoisotopic (exact) mass is 412 g/mol. The number of benzene rings is 2. The van der Waals surface area contributed by atoms with Gasteiger partial charge in [0.1, 0.15) is 0 Å². The first-order chi connectivity index (χ1) is 14.3. The molecule has 0 atom stereocenters. The predicted molar refractivity (Wildman–Crippen MR) is 109 cm³/mol. The van der Waals surface area contributed by atoms with Crippen molar-refractivity contribution < 1.29 is 39.2 Å². The van der Waals surface area contributed by atoms with E-state index in [1.54, 1.807) is 12.1 Å². The minimum Gasteiger partial charge on any atom is -0.504 e. The standard InChI is InChI=1S/C22H20O8/c1-29-20-10-14(4-8-18(20)25)2-6-16(23)12-17(24)7-3-15-5-9-19(26)21(11-15)30-13-22(27)28/h2-11,25-26H,12-13H2,1H3,(H,27,28)/b6-2+,7-3+. The lowest BCUT2D eigenvalue weighted by atomic mass is 10.1. The van der Waals surface area contributed by atoms with Crippen molar-refractivity contribution in [3.8, 4) is 23.0 Å². The van der Waals surface area contributed by atoms with Crippen molar-refractivity contribution in [3.63, 3.8) is 0 Å². The van der Waals surface area contributed by atoms with E-state index in [1.165, 1.54) is 55.7 Å². The molecule has 0 unspecified atom stereocenters. The summed E-state index contributed by atoms with van der Waals surface area (Å²) < 4.78 is 9.94. The molecule has 0 aliphatic carbocycles. The number of hydrogen-bond acceptors (Lipinski definition) is 7. The topological polar surface area (TPSA) is 130 Å². The Morgan fingerprint density at radius 1 is 0.867 bits per heavy atom. The van der Waals surface area contributed by atoms with E-state index >= 15 is 0 Å². The highest BCUT2D eigenvalue weighted by atomic mass is 16.5. The molecule has 0 aliphatic rings. The number of carboxylic acid groups (broad SMARTS) is 1. The zero-order chi connectivity index (χ0) is 22.1.